The largest absolute Gasteiger partial charge is 0.385 e. The molecular formula is C15H15ClN4O4. The van der Waals surface area contributed by atoms with Crippen molar-refractivity contribution in [3.05, 3.63) is 67.7 Å². The van der Waals surface area contributed by atoms with Crippen LogP contribution in [-0.2, 0) is 0 Å². The lowest BCUT2D eigenvalue weighted by Gasteiger charge is -2.09. The van der Waals surface area contributed by atoms with E-state index in [1.807, 2.05) is 0 Å². The second-order valence-electron chi connectivity index (χ2n) is 4.93. The van der Waals surface area contributed by atoms with Gasteiger partial charge in [-0.1, -0.05) is 11.6 Å². The molecule has 9 heteroatoms. The van der Waals surface area contributed by atoms with Crippen LogP contribution in [0.15, 0.2) is 42.5 Å². The minimum atomic E-state index is -0.464. The summed E-state index contributed by atoms with van der Waals surface area (Å²) in [5.74, 6) is 0. The highest BCUT2D eigenvalue weighted by molar-refractivity contribution is 6.31. The predicted molar refractivity (Wildman–Crippen MR) is 92.8 cm³/mol. The first-order valence-electron chi connectivity index (χ1n) is 7.13. The molecule has 24 heavy (non-hydrogen) atoms. The van der Waals surface area contributed by atoms with Crippen LogP contribution >= 0.6 is 11.6 Å². The number of rotatable bonds is 8. The van der Waals surface area contributed by atoms with Gasteiger partial charge in [-0.3, -0.25) is 20.2 Å². The number of benzene rings is 2. The molecule has 0 unspecified atom stereocenters. The number of nitro groups is 2. The van der Waals surface area contributed by atoms with Gasteiger partial charge in [-0.2, -0.15) is 0 Å². The van der Waals surface area contributed by atoms with E-state index < -0.39 is 9.85 Å². The summed E-state index contributed by atoms with van der Waals surface area (Å²) in [5, 5.41) is 28.0. The van der Waals surface area contributed by atoms with E-state index in [2.05, 4.69) is 10.6 Å². The van der Waals surface area contributed by atoms with E-state index in [1.54, 1.807) is 12.1 Å². The van der Waals surface area contributed by atoms with Crippen molar-refractivity contribution in [1.29, 1.82) is 0 Å². The third-order valence-electron chi connectivity index (χ3n) is 3.23. The summed E-state index contributed by atoms with van der Waals surface area (Å²) >= 11 is 5.85. The van der Waals surface area contributed by atoms with Gasteiger partial charge in [-0.05, 0) is 30.7 Å². The van der Waals surface area contributed by atoms with Crippen LogP contribution in [0, 0.1) is 20.2 Å². The number of anilines is 2. The average Bonchev–Trinajstić information content (AvgIpc) is 2.54. The van der Waals surface area contributed by atoms with Crippen molar-refractivity contribution in [1.82, 2.24) is 0 Å². The molecule has 0 radical (unpaired) electrons. The maximum atomic E-state index is 10.9. The summed E-state index contributed by atoms with van der Waals surface area (Å²) in [6, 6.07) is 10.5. The molecule has 0 aliphatic carbocycles. The van der Waals surface area contributed by atoms with Crippen LogP contribution in [-0.4, -0.2) is 22.9 Å². The molecule has 0 aliphatic heterocycles. The lowest BCUT2D eigenvalue weighted by molar-refractivity contribution is -0.384. The number of nitro benzene ring substituents is 2. The molecule has 0 saturated carbocycles. The zero-order valence-electron chi connectivity index (χ0n) is 12.6. The standard InChI is InChI=1S/C15H15ClN4O4/c16-11-2-7-15(20(23)24)14(10-11)18-9-1-8-17-12-3-5-13(6-4-12)19(21)22/h2-7,10,17-18H,1,8-9H2. The lowest BCUT2D eigenvalue weighted by Crippen LogP contribution is -2.10. The molecule has 0 atom stereocenters. The zero-order chi connectivity index (χ0) is 17.5. The van der Waals surface area contributed by atoms with E-state index in [1.165, 1.54) is 30.3 Å². The van der Waals surface area contributed by atoms with Crippen molar-refractivity contribution in [3.63, 3.8) is 0 Å². The molecule has 0 saturated heterocycles. The van der Waals surface area contributed by atoms with E-state index in [0.29, 0.717) is 30.2 Å². The van der Waals surface area contributed by atoms with Crippen molar-refractivity contribution in [3.8, 4) is 0 Å². The Morgan fingerprint density at radius 3 is 2.21 bits per heavy atom. The van der Waals surface area contributed by atoms with Crippen molar-refractivity contribution >= 4 is 34.4 Å². The monoisotopic (exact) mass is 350 g/mol. The van der Waals surface area contributed by atoms with Crippen LogP contribution in [0.25, 0.3) is 0 Å². The van der Waals surface area contributed by atoms with Crippen molar-refractivity contribution in [2.75, 3.05) is 23.7 Å². The van der Waals surface area contributed by atoms with Crippen LogP contribution in [0.1, 0.15) is 6.42 Å². The first-order valence-corrected chi connectivity index (χ1v) is 7.51. The Bertz CT molecular complexity index is 737. The summed E-state index contributed by atoms with van der Waals surface area (Å²) in [6.45, 7) is 1.13. The summed E-state index contributed by atoms with van der Waals surface area (Å²) in [6.07, 6.45) is 0.695. The Hall–Kier alpha value is -2.87. The Labute approximate surface area is 142 Å². The maximum absolute atomic E-state index is 10.9. The Morgan fingerprint density at radius 1 is 0.917 bits per heavy atom. The highest BCUT2D eigenvalue weighted by atomic mass is 35.5. The smallest absolute Gasteiger partial charge is 0.292 e. The van der Waals surface area contributed by atoms with E-state index in [4.69, 9.17) is 11.6 Å². The number of hydrogen-bond donors (Lipinski definition) is 2. The Balaban J connectivity index is 1.80. The molecule has 0 aliphatic rings. The number of hydrogen-bond acceptors (Lipinski definition) is 6. The molecular weight excluding hydrogens is 336 g/mol. The molecule has 126 valence electrons. The van der Waals surface area contributed by atoms with E-state index >= 15 is 0 Å². The summed E-state index contributed by atoms with van der Waals surface area (Å²) < 4.78 is 0. The fourth-order valence-electron chi connectivity index (χ4n) is 2.05. The van der Waals surface area contributed by atoms with Gasteiger partial charge < -0.3 is 10.6 Å². The lowest BCUT2D eigenvalue weighted by atomic mass is 10.2. The molecule has 2 aromatic carbocycles. The Morgan fingerprint density at radius 2 is 1.58 bits per heavy atom. The van der Waals surface area contributed by atoms with Gasteiger partial charge in [0.1, 0.15) is 5.69 Å². The third kappa shape index (κ3) is 4.82. The number of nitrogens with one attached hydrogen (secondary N) is 2. The van der Waals surface area contributed by atoms with Gasteiger partial charge in [0.25, 0.3) is 11.4 Å². The van der Waals surface area contributed by atoms with Gasteiger partial charge in [-0.15, -0.1) is 0 Å². The maximum Gasteiger partial charge on any atom is 0.292 e. The van der Waals surface area contributed by atoms with Crippen LogP contribution in [0.5, 0.6) is 0 Å². The van der Waals surface area contributed by atoms with Crippen LogP contribution in [0.4, 0.5) is 22.7 Å². The molecule has 0 amide bonds. The molecule has 2 rings (SSSR count). The summed E-state index contributed by atoms with van der Waals surface area (Å²) in [4.78, 5) is 20.6. The topological polar surface area (TPSA) is 110 Å². The van der Waals surface area contributed by atoms with Crippen molar-refractivity contribution in [2.24, 2.45) is 0 Å². The van der Waals surface area contributed by atoms with Gasteiger partial charge >= 0.3 is 0 Å². The molecule has 8 nitrogen and oxygen atoms in total. The second-order valence-corrected chi connectivity index (χ2v) is 5.37. The Kier molecular flexibility index (Phi) is 5.91. The van der Waals surface area contributed by atoms with E-state index in [-0.39, 0.29) is 11.4 Å². The van der Waals surface area contributed by atoms with Gasteiger partial charge in [0, 0.05) is 42.0 Å². The first-order chi connectivity index (χ1) is 11.5. The quantitative estimate of drug-likeness (QED) is 0.422. The molecule has 0 fully saturated rings. The average molecular weight is 351 g/mol. The fourth-order valence-corrected chi connectivity index (χ4v) is 2.23. The summed E-state index contributed by atoms with van der Waals surface area (Å²) in [5.41, 5.74) is 1.16. The molecule has 2 aromatic rings. The predicted octanol–water partition coefficient (Wildman–Crippen LogP) is 4.07. The minimum absolute atomic E-state index is 0.0253. The molecule has 0 spiro atoms. The number of non-ortho nitro benzene ring substituents is 1. The second kappa shape index (κ2) is 8.11. The third-order valence-corrected chi connectivity index (χ3v) is 3.47. The number of halogens is 1. The molecule has 2 N–H and O–H groups in total. The van der Waals surface area contributed by atoms with Gasteiger partial charge in [0.2, 0.25) is 0 Å². The van der Waals surface area contributed by atoms with Crippen LogP contribution < -0.4 is 10.6 Å². The van der Waals surface area contributed by atoms with E-state index in [0.717, 1.165) is 5.69 Å². The highest BCUT2D eigenvalue weighted by Crippen LogP contribution is 2.27. The van der Waals surface area contributed by atoms with Gasteiger partial charge in [0.15, 0.2) is 0 Å². The van der Waals surface area contributed by atoms with Gasteiger partial charge in [0.05, 0.1) is 9.85 Å². The van der Waals surface area contributed by atoms with Crippen LogP contribution in [0.3, 0.4) is 0 Å². The molecule has 0 bridgehead atoms. The van der Waals surface area contributed by atoms with Crippen molar-refractivity contribution < 1.29 is 9.85 Å². The normalized spacial score (nSPS) is 10.2. The zero-order valence-corrected chi connectivity index (χ0v) is 13.3. The highest BCUT2D eigenvalue weighted by Gasteiger charge is 2.13. The summed E-state index contributed by atoms with van der Waals surface area (Å²) in [7, 11) is 0. The molecule has 0 heterocycles. The van der Waals surface area contributed by atoms with E-state index in [9.17, 15) is 20.2 Å². The number of nitrogens with zero attached hydrogens (tertiary/aromatic N) is 2. The first kappa shape index (κ1) is 17.5. The fraction of sp³-hybridized carbons (Fsp3) is 0.200. The minimum Gasteiger partial charge on any atom is -0.385 e. The van der Waals surface area contributed by atoms with Gasteiger partial charge in [-0.25, -0.2) is 0 Å². The van der Waals surface area contributed by atoms with Crippen molar-refractivity contribution in [2.45, 2.75) is 6.42 Å². The SMILES string of the molecule is O=[N+]([O-])c1ccc(NCCCNc2cc(Cl)ccc2[N+](=O)[O-])cc1. The van der Waals surface area contributed by atoms with Crippen LogP contribution in [0.2, 0.25) is 5.02 Å². The molecule has 0 aromatic heterocycles.